The quantitative estimate of drug-likeness (QED) is 0.775. The van der Waals surface area contributed by atoms with Gasteiger partial charge in [0.15, 0.2) is 0 Å². The van der Waals surface area contributed by atoms with Crippen LogP contribution in [-0.4, -0.2) is 39.9 Å². The van der Waals surface area contributed by atoms with Crippen molar-refractivity contribution in [2.45, 2.75) is 89.0 Å². The van der Waals surface area contributed by atoms with E-state index in [9.17, 15) is 9.59 Å². The normalized spacial score (nSPS) is 27.1. The Bertz CT molecular complexity index is 815. The standard InChI is InChI=1S/C22H34N4O2/c1-21(2,3)20-24-17-16(18(27)25-20)7-8-22(17)9-11-26(12-10-22)19(28)14-5-4-6-15(23)13-14/h14-15H,4-13,23H2,1-3H3,(H,24,25,27)/t14-,15+/m1/s1. The van der Waals surface area contributed by atoms with Gasteiger partial charge in [0.1, 0.15) is 5.82 Å². The third-order valence-corrected chi connectivity index (χ3v) is 7.18. The number of rotatable bonds is 1. The number of nitrogens with one attached hydrogen (secondary N) is 1. The Labute approximate surface area is 167 Å². The molecule has 6 heteroatoms. The molecule has 1 saturated heterocycles. The van der Waals surface area contributed by atoms with Gasteiger partial charge in [-0.15, -0.1) is 0 Å². The summed E-state index contributed by atoms with van der Waals surface area (Å²) >= 11 is 0. The molecule has 3 aliphatic rings. The second-order valence-electron chi connectivity index (χ2n) is 10.2. The summed E-state index contributed by atoms with van der Waals surface area (Å²) < 4.78 is 0. The average Bonchev–Trinajstić information content (AvgIpc) is 3.00. The van der Waals surface area contributed by atoms with Crippen LogP contribution in [0.4, 0.5) is 0 Å². The first kappa shape index (κ1) is 19.6. The van der Waals surface area contributed by atoms with Crippen molar-refractivity contribution in [1.29, 1.82) is 0 Å². The van der Waals surface area contributed by atoms with Gasteiger partial charge in [0.05, 0.1) is 5.69 Å². The van der Waals surface area contributed by atoms with E-state index in [0.717, 1.165) is 81.5 Å². The fraction of sp³-hybridized carbons (Fsp3) is 0.773. The van der Waals surface area contributed by atoms with E-state index in [-0.39, 0.29) is 34.3 Å². The predicted molar refractivity (Wildman–Crippen MR) is 109 cm³/mol. The first-order chi connectivity index (χ1) is 13.2. The van der Waals surface area contributed by atoms with Crippen LogP contribution in [0.15, 0.2) is 4.79 Å². The van der Waals surface area contributed by atoms with E-state index in [0.29, 0.717) is 0 Å². The number of H-pyrrole nitrogens is 1. The largest absolute Gasteiger partial charge is 0.342 e. The molecule has 2 atom stereocenters. The summed E-state index contributed by atoms with van der Waals surface area (Å²) in [5.74, 6) is 1.16. The molecule has 1 aliphatic heterocycles. The molecule has 154 valence electrons. The Balaban J connectivity index is 1.52. The molecule has 2 heterocycles. The predicted octanol–water partition coefficient (Wildman–Crippen LogP) is 2.39. The Hall–Kier alpha value is -1.69. The number of hydrogen-bond donors (Lipinski definition) is 2. The van der Waals surface area contributed by atoms with Gasteiger partial charge in [-0.3, -0.25) is 9.59 Å². The van der Waals surface area contributed by atoms with Crippen molar-refractivity contribution in [3.63, 3.8) is 0 Å². The molecule has 1 amide bonds. The number of amides is 1. The molecule has 2 fully saturated rings. The maximum absolute atomic E-state index is 13.0. The Morgan fingerprint density at radius 3 is 2.57 bits per heavy atom. The SMILES string of the molecule is CC(C)(C)c1nc2c(c(=O)[nH]1)CCC21CCN(C(=O)[C@@H]2CCC[C@H](N)C2)CC1. The third-order valence-electron chi connectivity index (χ3n) is 7.18. The van der Waals surface area contributed by atoms with Crippen molar-refractivity contribution in [3.05, 3.63) is 27.4 Å². The molecular formula is C22H34N4O2. The first-order valence-electron chi connectivity index (χ1n) is 10.9. The maximum atomic E-state index is 13.0. The number of carbonyl (C=O) groups is 1. The minimum absolute atomic E-state index is 0.0292. The van der Waals surface area contributed by atoms with Gasteiger partial charge in [-0.2, -0.15) is 0 Å². The molecule has 0 bridgehead atoms. The van der Waals surface area contributed by atoms with Gasteiger partial charge in [0.2, 0.25) is 5.91 Å². The van der Waals surface area contributed by atoms with Crippen molar-refractivity contribution < 1.29 is 4.79 Å². The van der Waals surface area contributed by atoms with E-state index in [2.05, 4.69) is 25.8 Å². The molecule has 1 aromatic rings. The molecule has 0 aromatic carbocycles. The summed E-state index contributed by atoms with van der Waals surface area (Å²) in [7, 11) is 0. The first-order valence-corrected chi connectivity index (χ1v) is 10.9. The zero-order valence-electron chi connectivity index (χ0n) is 17.5. The highest BCUT2D eigenvalue weighted by Gasteiger charge is 2.45. The van der Waals surface area contributed by atoms with E-state index < -0.39 is 0 Å². The van der Waals surface area contributed by atoms with Crippen LogP contribution in [0.5, 0.6) is 0 Å². The molecule has 1 aromatic heterocycles. The number of fused-ring (bicyclic) bond motifs is 2. The lowest BCUT2D eigenvalue weighted by molar-refractivity contribution is -0.138. The molecule has 1 spiro atoms. The van der Waals surface area contributed by atoms with E-state index >= 15 is 0 Å². The summed E-state index contributed by atoms with van der Waals surface area (Å²) in [5.41, 5.74) is 7.77. The zero-order chi connectivity index (χ0) is 20.1. The van der Waals surface area contributed by atoms with Crippen molar-refractivity contribution in [2.24, 2.45) is 11.7 Å². The van der Waals surface area contributed by atoms with E-state index in [1.807, 2.05) is 4.90 Å². The molecule has 4 rings (SSSR count). The van der Waals surface area contributed by atoms with Crippen LogP contribution in [0, 0.1) is 5.92 Å². The van der Waals surface area contributed by atoms with E-state index in [4.69, 9.17) is 10.7 Å². The fourth-order valence-electron chi connectivity index (χ4n) is 5.36. The van der Waals surface area contributed by atoms with Crippen LogP contribution in [-0.2, 0) is 22.0 Å². The second-order valence-corrected chi connectivity index (χ2v) is 10.2. The van der Waals surface area contributed by atoms with Crippen molar-refractivity contribution in [1.82, 2.24) is 14.9 Å². The summed E-state index contributed by atoms with van der Waals surface area (Å²) in [6.07, 6.45) is 7.49. The average molecular weight is 387 g/mol. The van der Waals surface area contributed by atoms with Crippen molar-refractivity contribution in [2.75, 3.05) is 13.1 Å². The number of nitrogens with zero attached hydrogens (tertiary/aromatic N) is 2. The number of likely N-dealkylation sites (tertiary alicyclic amines) is 1. The highest BCUT2D eigenvalue weighted by molar-refractivity contribution is 5.79. The monoisotopic (exact) mass is 386 g/mol. The number of hydrogen-bond acceptors (Lipinski definition) is 4. The topological polar surface area (TPSA) is 92.1 Å². The molecule has 0 unspecified atom stereocenters. The summed E-state index contributed by atoms with van der Waals surface area (Å²) in [6.45, 7) is 7.77. The molecule has 2 aliphatic carbocycles. The maximum Gasteiger partial charge on any atom is 0.254 e. The molecule has 3 N–H and O–H groups in total. The molecular weight excluding hydrogens is 352 g/mol. The second kappa shape index (κ2) is 6.97. The van der Waals surface area contributed by atoms with Crippen LogP contribution in [0.25, 0.3) is 0 Å². The molecule has 1 saturated carbocycles. The molecule has 6 nitrogen and oxygen atoms in total. The number of piperidine rings is 1. The van der Waals surface area contributed by atoms with Crippen LogP contribution >= 0.6 is 0 Å². The minimum Gasteiger partial charge on any atom is -0.342 e. The summed E-state index contributed by atoms with van der Waals surface area (Å²) in [6, 6.07) is 0.173. The van der Waals surface area contributed by atoms with Crippen LogP contribution < -0.4 is 11.3 Å². The lowest BCUT2D eigenvalue weighted by Gasteiger charge is -2.41. The highest BCUT2D eigenvalue weighted by atomic mass is 16.2. The van der Waals surface area contributed by atoms with Crippen LogP contribution in [0.1, 0.15) is 82.8 Å². The lowest BCUT2D eigenvalue weighted by atomic mass is 9.75. The van der Waals surface area contributed by atoms with Crippen LogP contribution in [0.3, 0.4) is 0 Å². The van der Waals surface area contributed by atoms with Gasteiger partial charge < -0.3 is 15.6 Å². The van der Waals surface area contributed by atoms with Gasteiger partial charge in [-0.25, -0.2) is 4.98 Å². The number of aromatic nitrogens is 2. The summed E-state index contributed by atoms with van der Waals surface area (Å²) in [5, 5.41) is 0. The van der Waals surface area contributed by atoms with Crippen molar-refractivity contribution in [3.8, 4) is 0 Å². The van der Waals surface area contributed by atoms with Gasteiger partial charge >= 0.3 is 0 Å². The fourth-order valence-corrected chi connectivity index (χ4v) is 5.36. The van der Waals surface area contributed by atoms with Crippen molar-refractivity contribution >= 4 is 5.91 Å². The van der Waals surface area contributed by atoms with Gasteiger partial charge in [-0.05, 0) is 44.9 Å². The Morgan fingerprint density at radius 1 is 1.21 bits per heavy atom. The zero-order valence-corrected chi connectivity index (χ0v) is 17.5. The van der Waals surface area contributed by atoms with Gasteiger partial charge in [0, 0.05) is 41.4 Å². The summed E-state index contributed by atoms with van der Waals surface area (Å²) in [4.78, 5) is 35.6. The third kappa shape index (κ3) is 3.40. The highest BCUT2D eigenvalue weighted by Crippen LogP contribution is 2.45. The van der Waals surface area contributed by atoms with Crippen LogP contribution in [0.2, 0.25) is 0 Å². The molecule has 0 radical (unpaired) electrons. The number of carbonyl (C=O) groups excluding carboxylic acids is 1. The van der Waals surface area contributed by atoms with E-state index in [1.54, 1.807) is 0 Å². The minimum atomic E-state index is -0.186. The van der Waals surface area contributed by atoms with E-state index in [1.165, 1.54) is 0 Å². The lowest BCUT2D eigenvalue weighted by Crippen LogP contribution is -2.48. The Morgan fingerprint density at radius 2 is 1.93 bits per heavy atom. The number of aromatic amines is 1. The molecule has 28 heavy (non-hydrogen) atoms. The Kier molecular flexibility index (Phi) is 4.89. The van der Waals surface area contributed by atoms with Gasteiger partial charge in [0.25, 0.3) is 5.56 Å². The smallest absolute Gasteiger partial charge is 0.254 e. The number of nitrogens with two attached hydrogens (primary N) is 1. The van der Waals surface area contributed by atoms with Gasteiger partial charge in [-0.1, -0.05) is 27.2 Å².